The molecule has 0 heterocycles. The van der Waals surface area contributed by atoms with Crippen LogP contribution in [0.4, 0.5) is 10.5 Å². The number of amides is 1. The van der Waals surface area contributed by atoms with Crippen molar-refractivity contribution in [2.24, 2.45) is 5.92 Å². The van der Waals surface area contributed by atoms with Gasteiger partial charge in [-0.3, -0.25) is 5.32 Å². The van der Waals surface area contributed by atoms with Crippen LogP contribution in [0.3, 0.4) is 0 Å². The molecule has 3 nitrogen and oxygen atoms in total. The summed E-state index contributed by atoms with van der Waals surface area (Å²) in [6.45, 7) is 6.10. The second kappa shape index (κ2) is 7.59. The van der Waals surface area contributed by atoms with Gasteiger partial charge in [-0.25, -0.2) is 4.79 Å². The molecule has 0 saturated heterocycles. The highest BCUT2D eigenvalue weighted by Crippen LogP contribution is 2.21. The third-order valence-electron chi connectivity index (χ3n) is 3.08. The first-order valence-electron chi connectivity index (χ1n) is 6.98. The number of hydrogen-bond donors (Lipinski definition) is 1. The highest BCUT2D eigenvalue weighted by Gasteiger charge is 2.26. The van der Waals surface area contributed by atoms with Gasteiger partial charge in [0.2, 0.25) is 0 Å². The normalized spacial score (nSPS) is 13.3. The van der Waals surface area contributed by atoms with Gasteiger partial charge in [-0.2, -0.15) is 0 Å². The molecule has 0 aromatic heterocycles. The second-order valence-corrected chi connectivity index (χ2v) is 5.54. The van der Waals surface area contributed by atoms with Crippen molar-refractivity contribution in [2.75, 3.05) is 5.32 Å². The van der Waals surface area contributed by atoms with Crippen molar-refractivity contribution in [1.82, 2.24) is 0 Å². The summed E-state index contributed by atoms with van der Waals surface area (Å²) in [5.74, 6) is 3.21. The second-order valence-electron chi connectivity index (χ2n) is 5.54. The highest BCUT2D eigenvalue weighted by atomic mass is 16.6. The first-order valence-corrected chi connectivity index (χ1v) is 6.98. The van der Waals surface area contributed by atoms with Crippen LogP contribution < -0.4 is 5.32 Å². The molecule has 108 valence electrons. The van der Waals surface area contributed by atoms with Gasteiger partial charge in [-0.05, 0) is 37.8 Å². The van der Waals surface area contributed by atoms with Crippen molar-refractivity contribution in [2.45, 2.75) is 45.6 Å². The fraction of sp³-hybridized carbons (Fsp3) is 0.471. The third kappa shape index (κ3) is 5.79. The molecule has 0 aliphatic rings. The van der Waals surface area contributed by atoms with Gasteiger partial charge in [0, 0.05) is 5.69 Å². The van der Waals surface area contributed by atoms with E-state index in [0.717, 1.165) is 12.8 Å². The summed E-state index contributed by atoms with van der Waals surface area (Å²) in [5.41, 5.74) is -0.160. The molecule has 1 aromatic rings. The summed E-state index contributed by atoms with van der Waals surface area (Å²) in [6, 6.07) is 9.17. The lowest BCUT2D eigenvalue weighted by atomic mass is 9.96. The first-order chi connectivity index (χ1) is 9.45. The molecule has 0 unspecified atom stereocenters. The van der Waals surface area contributed by atoms with Crippen LogP contribution in [-0.2, 0) is 4.74 Å². The number of carbonyl (C=O) groups is 1. The van der Waals surface area contributed by atoms with Gasteiger partial charge in [-0.1, -0.05) is 44.4 Å². The third-order valence-corrected chi connectivity index (χ3v) is 3.08. The molecule has 1 rings (SSSR count). The van der Waals surface area contributed by atoms with E-state index >= 15 is 0 Å². The molecule has 20 heavy (non-hydrogen) atoms. The van der Waals surface area contributed by atoms with Gasteiger partial charge in [0.25, 0.3) is 0 Å². The molecule has 0 aliphatic carbocycles. The molecular formula is C17H23NO2. The molecule has 0 fully saturated rings. The number of anilines is 1. The van der Waals surface area contributed by atoms with Gasteiger partial charge in [0.1, 0.15) is 0 Å². The predicted octanol–water partition coefficient (Wildman–Crippen LogP) is 4.45. The Hall–Kier alpha value is -1.95. The fourth-order valence-electron chi connectivity index (χ4n) is 1.87. The van der Waals surface area contributed by atoms with E-state index in [1.165, 1.54) is 0 Å². The zero-order valence-corrected chi connectivity index (χ0v) is 12.5. The van der Waals surface area contributed by atoms with E-state index in [4.69, 9.17) is 11.2 Å². The lowest BCUT2D eigenvalue weighted by Crippen LogP contribution is -2.32. The van der Waals surface area contributed by atoms with Gasteiger partial charge >= 0.3 is 6.09 Å². The number of rotatable bonds is 6. The van der Waals surface area contributed by atoms with Crippen LogP contribution in [0, 0.1) is 18.3 Å². The maximum absolute atomic E-state index is 11.9. The summed E-state index contributed by atoms with van der Waals surface area (Å²) in [5, 5.41) is 2.67. The zero-order chi connectivity index (χ0) is 15.0. The number of hydrogen-bond acceptors (Lipinski definition) is 2. The largest absolute Gasteiger partial charge is 0.430 e. The van der Waals surface area contributed by atoms with Crippen LogP contribution in [0.15, 0.2) is 30.3 Å². The Morgan fingerprint density at radius 2 is 2.05 bits per heavy atom. The van der Waals surface area contributed by atoms with Gasteiger partial charge in [0.15, 0.2) is 5.60 Å². The Kier molecular flexibility index (Phi) is 6.11. The summed E-state index contributed by atoms with van der Waals surface area (Å²) < 4.78 is 5.39. The minimum absolute atomic E-state index is 0.513. The van der Waals surface area contributed by atoms with Crippen LogP contribution in [0.25, 0.3) is 0 Å². The molecule has 3 heteroatoms. The van der Waals surface area contributed by atoms with E-state index < -0.39 is 11.7 Å². The molecular weight excluding hydrogens is 250 g/mol. The van der Waals surface area contributed by atoms with Crippen molar-refractivity contribution in [3.63, 3.8) is 0 Å². The summed E-state index contributed by atoms with van der Waals surface area (Å²) in [6.07, 6.45) is 7.68. The van der Waals surface area contributed by atoms with Gasteiger partial charge in [0.05, 0.1) is 0 Å². The Labute approximate surface area is 121 Å². The van der Waals surface area contributed by atoms with Gasteiger partial charge < -0.3 is 4.74 Å². The molecule has 0 aliphatic heterocycles. The molecule has 0 bridgehead atoms. The molecule has 1 N–H and O–H groups in total. The average Bonchev–Trinajstić information content (AvgIpc) is 2.39. The van der Waals surface area contributed by atoms with Gasteiger partial charge in [-0.15, -0.1) is 6.42 Å². The predicted molar refractivity (Wildman–Crippen MR) is 82.5 cm³/mol. The summed E-state index contributed by atoms with van der Waals surface area (Å²) >= 11 is 0. The van der Waals surface area contributed by atoms with Crippen molar-refractivity contribution >= 4 is 11.8 Å². The lowest BCUT2D eigenvalue weighted by Gasteiger charge is -2.24. The number of ether oxygens (including phenoxy) is 1. The molecule has 1 atom stereocenters. The quantitative estimate of drug-likeness (QED) is 0.777. The SMILES string of the molecule is C#C[C@](C)(CCCC(C)C)OC(=O)Nc1ccccc1. The number of para-hydroxylation sites is 1. The number of nitrogens with one attached hydrogen (secondary N) is 1. The maximum Gasteiger partial charge on any atom is 0.413 e. The van der Waals surface area contributed by atoms with Crippen molar-refractivity contribution in [3.8, 4) is 12.3 Å². The van der Waals surface area contributed by atoms with Crippen LogP contribution in [0.1, 0.15) is 40.0 Å². The molecule has 1 aromatic carbocycles. The highest BCUT2D eigenvalue weighted by molar-refractivity contribution is 5.84. The molecule has 0 saturated carbocycles. The maximum atomic E-state index is 11.9. The Bertz CT molecular complexity index is 462. The Morgan fingerprint density at radius 3 is 2.60 bits per heavy atom. The van der Waals surface area contributed by atoms with Crippen LogP contribution in [-0.4, -0.2) is 11.7 Å². The number of terminal acetylenes is 1. The smallest absolute Gasteiger partial charge is 0.413 e. The standard InChI is InChI=1S/C17H23NO2/c1-5-17(4,13-9-10-14(2)3)20-16(19)18-15-11-7-6-8-12-15/h1,6-8,11-12,14H,9-10,13H2,2-4H3,(H,18,19)/t17-/m1/s1. The average molecular weight is 273 g/mol. The summed E-state index contributed by atoms with van der Waals surface area (Å²) in [7, 11) is 0. The van der Waals surface area contributed by atoms with E-state index in [1.54, 1.807) is 19.1 Å². The van der Waals surface area contributed by atoms with Crippen molar-refractivity contribution < 1.29 is 9.53 Å². The Morgan fingerprint density at radius 1 is 1.40 bits per heavy atom. The first kappa shape index (κ1) is 16.1. The van der Waals surface area contributed by atoms with Crippen LogP contribution in [0.5, 0.6) is 0 Å². The minimum Gasteiger partial charge on any atom is -0.430 e. The van der Waals surface area contributed by atoms with E-state index in [9.17, 15) is 4.79 Å². The monoisotopic (exact) mass is 273 g/mol. The number of benzene rings is 1. The van der Waals surface area contributed by atoms with E-state index in [0.29, 0.717) is 18.0 Å². The lowest BCUT2D eigenvalue weighted by molar-refractivity contribution is 0.0690. The van der Waals surface area contributed by atoms with Crippen LogP contribution >= 0.6 is 0 Å². The van der Waals surface area contributed by atoms with E-state index in [2.05, 4.69) is 25.1 Å². The Balaban J connectivity index is 2.50. The zero-order valence-electron chi connectivity index (χ0n) is 12.5. The van der Waals surface area contributed by atoms with E-state index in [1.807, 2.05) is 18.2 Å². The van der Waals surface area contributed by atoms with Crippen molar-refractivity contribution in [1.29, 1.82) is 0 Å². The number of carbonyl (C=O) groups excluding carboxylic acids is 1. The molecule has 0 radical (unpaired) electrons. The topological polar surface area (TPSA) is 38.3 Å². The molecule has 1 amide bonds. The minimum atomic E-state index is -0.853. The van der Waals surface area contributed by atoms with Crippen molar-refractivity contribution in [3.05, 3.63) is 30.3 Å². The molecule has 0 spiro atoms. The fourth-order valence-corrected chi connectivity index (χ4v) is 1.87. The summed E-state index contributed by atoms with van der Waals surface area (Å²) in [4.78, 5) is 11.9. The van der Waals surface area contributed by atoms with E-state index in [-0.39, 0.29) is 0 Å². The van der Waals surface area contributed by atoms with Crippen LogP contribution in [0.2, 0.25) is 0 Å².